The smallest absolute Gasteiger partial charge is 0.160 e. The predicted octanol–water partition coefficient (Wildman–Crippen LogP) is 2.18. The van der Waals surface area contributed by atoms with E-state index in [0.29, 0.717) is 16.7 Å². The van der Waals surface area contributed by atoms with Gasteiger partial charge in [0.25, 0.3) is 0 Å². The average Bonchev–Trinajstić information content (AvgIpc) is 2.70. The first-order valence-corrected chi connectivity index (χ1v) is 5.06. The van der Waals surface area contributed by atoms with E-state index in [1.807, 2.05) is 6.07 Å². The second-order valence-corrected chi connectivity index (χ2v) is 3.83. The monoisotopic (exact) mass is 218 g/mol. The molecule has 0 bridgehead atoms. The van der Waals surface area contributed by atoms with Crippen LogP contribution in [0.2, 0.25) is 0 Å². The molecule has 3 N–H and O–H groups in total. The lowest BCUT2D eigenvalue weighted by Crippen LogP contribution is -2.00. The van der Waals surface area contributed by atoms with Gasteiger partial charge in [0.05, 0.1) is 11.4 Å². The molecule has 84 valence electrons. The highest BCUT2D eigenvalue weighted by molar-refractivity contribution is 5.94. The summed E-state index contributed by atoms with van der Waals surface area (Å²) in [5.74, 6) is 0. The van der Waals surface area contributed by atoms with Gasteiger partial charge in [0.2, 0.25) is 0 Å². The minimum absolute atomic E-state index is 0.573. The summed E-state index contributed by atoms with van der Waals surface area (Å²) in [4.78, 5) is 0. The van der Waals surface area contributed by atoms with Crippen molar-refractivity contribution in [3.63, 3.8) is 0 Å². The molecule has 0 spiro atoms. The molecule has 0 unspecified atom stereocenters. The molecule has 0 amide bonds. The van der Waals surface area contributed by atoms with Gasteiger partial charge in [0.1, 0.15) is 0 Å². The van der Waals surface area contributed by atoms with Crippen molar-refractivity contribution in [2.75, 3.05) is 17.6 Å². The highest BCUT2D eigenvalue weighted by Gasteiger charge is 2.08. The molecule has 0 radical (unpaired) electrons. The first kappa shape index (κ1) is 10.5. The first-order valence-electron chi connectivity index (χ1n) is 5.06. The third-order valence-corrected chi connectivity index (χ3v) is 2.25. The van der Waals surface area contributed by atoms with E-state index in [-0.39, 0.29) is 0 Å². The van der Waals surface area contributed by atoms with Crippen LogP contribution in [0.25, 0.3) is 11.0 Å². The van der Waals surface area contributed by atoms with Gasteiger partial charge in [0, 0.05) is 6.54 Å². The molecule has 0 aliphatic rings. The van der Waals surface area contributed by atoms with Crippen molar-refractivity contribution in [1.82, 2.24) is 10.3 Å². The summed E-state index contributed by atoms with van der Waals surface area (Å²) in [6.45, 7) is 4.85. The molecule has 2 aromatic rings. The van der Waals surface area contributed by atoms with Crippen molar-refractivity contribution in [3.05, 3.63) is 23.8 Å². The molecule has 0 aliphatic heterocycles. The van der Waals surface area contributed by atoms with E-state index in [2.05, 4.69) is 40.2 Å². The van der Waals surface area contributed by atoms with E-state index in [1.165, 1.54) is 5.57 Å². The number of hydrogen-bond acceptors (Lipinski definition) is 5. The molecular formula is C11H14N4O. The molecule has 0 aliphatic carbocycles. The summed E-state index contributed by atoms with van der Waals surface area (Å²) in [5.41, 5.74) is 9.72. The maximum atomic E-state index is 5.74. The number of fused-ring (bicyclic) bond motifs is 1. The Kier molecular flexibility index (Phi) is 2.76. The Morgan fingerprint density at radius 1 is 1.38 bits per heavy atom. The van der Waals surface area contributed by atoms with Crippen LogP contribution < -0.4 is 11.1 Å². The summed E-state index contributed by atoms with van der Waals surface area (Å²) >= 11 is 0. The van der Waals surface area contributed by atoms with Crippen LogP contribution >= 0.6 is 0 Å². The number of aromatic nitrogens is 2. The van der Waals surface area contributed by atoms with Gasteiger partial charge in [-0.2, -0.15) is 0 Å². The minimum Gasteiger partial charge on any atom is -0.397 e. The fourth-order valence-electron chi connectivity index (χ4n) is 1.39. The van der Waals surface area contributed by atoms with Crippen LogP contribution in [0.3, 0.4) is 0 Å². The number of nitrogens with one attached hydrogen (secondary N) is 1. The number of nitrogen functional groups attached to an aromatic ring is 1. The number of benzene rings is 1. The van der Waals surface area contributed by atoms with Gasteiger partial charge < -0.3 is 11.1 Å². The molecular weight excluding hydrogens is 204 g/mol. The fourth-order valence-corrected chi connectivity index (χ4v) is 1.39. The summed E-state index contributed by atoms with van der Waals surface area (Å²) in [6.07, 6.45) is 2.09. The summed E-state index contributed by atoms with van der Waals surface area (Å²) in [6, 6.07) is 3.66. The van der Waals surface area contributed by atoms with Crippen molar-refractivity contribution in [2.24, 2.45) is 0 Å². The van der Waals surface area contributed by atoms with Crippen molar-refractivity contribution < 1.29 is 4.63 Å². The van der Waals surface area contributed by atoms with Crippen molar-refractivity contribution in [2.45, 2.75) is 13.8 Å². The lowest BCUT2D eigenvalue weighted by molar-refractivity contribution is 0.316. The Morgan fingerprint density at radius 2 is 2.12 bits per heavy atom. The largest absolute Gasteiger partial charge is 0.397 e. The zero-order valence-corrected chi connectivity index (χ0v) is 9.32. The van der Waals surface area contributed by atoms with Gasteiger partial charge in [-0.05, 0) is 36.3 Å². The van der Waals surface area contributed by atoms with Crippen LogP contribution in [0.1, 0.15) is 13.8 Å². The molecule has 1 heterocycles. The highest BCUT2D eigenvalue weighted by Crippen LogP contribution is 2.24. The molecule has 1 aromatic heterocycles. The van der Waals surface area contributed by atoms with E-state index in [4.69, 9.17) is 5.73 Å². The lowest BCUT2D eigenvalue weighted by Gasteiger charge is -2.04. The zero-order valence-electron chi connectivity index (χ0n) is 9.32. The SMILES string of the molecule is CC(C)=CCNc1ccc(N)c2nonc12. The van der Waals surface area contributed by atoms with Crippen molar-refractivity contribution in [1.29, 1.82) is 0 Å². The maximum absolute atomic E-state index is 5.74. The standard InChI is InChI=1S/C11H14N4O/c1-7(2)5-6-13-9-4-3-8(12)10-11(9)15-16-14-10/h3-5,13H,6,12H2,1-2H3. The first-order chi connectivity index (χ1) is 7.68. The molecule has 16 heavy (non-hydrogen) atoms. The molecule has 5 heteroatoms. The van der Waals surface area contributed by atoms with Crippen molar-refractivity contribution >= 4 is 22.4 Å². The lowest BCUT2D eigenvalue weighted by atomic mass is 10.2. The van der Waals surface area contributed by atoms with Crippen LogP contribution in [0, 0.1) is 0 Å². The van der Waals surface area contributed by atoms with Gasteiger partial charge >= 0.3 is 0 Å². The van der Waals surface area contributed by atoms with Gasteiger partial charge in [-0.1, -0.05) is 11.6 Å². The third-order valence-electron chi connectivity index (χ3n) is 2.25. The number of hydrogen-bond donors (Lipinski definition) is 2. The Balaban J connectivity index is 2.28. The second-order valence-electron chi connectivity index (χ2n) is 3.83. The summed E-state index contributed by atoms with van der Waals surface area (Å²) in [5, 5.41) is 10.8. The van der Waals surface area contributed by atoms with Gasteiger partial charge in [0.15, 0.2) is 11.0 Å². The number of nitrogens with zero attached hydrogens (tertiary/aromatic N) is 2. The van der Waals surface area contributed by atoms with E-state index in [0.717, 1.165) is 12.2 Å². The van der Waals surface area contributed by atoms with Gasteiger partial charge in [-0.25, -0.2) is 4.63 Å². The Bertz CT molecular complexity index is 526. The van der Waals surface area contributed by atoms with E-state index in [1.54, 1.807) is 6.07 Å². The maximum Gasteiger partial charge on any atom is 0.160 e. The Hall–Kier alpha value is -2.04. The normalized spacial score (nSPS) is 10.4. The quantitative estimate of drug-likeness (QED) is 0.610. The molecule has 5 nitrogen and oxygen atoms in total. The number of allylic oxidation sites excluding steroid dienone is 1. The van der Waals surface area contributed by atoms with Gasteiger partial charge in [-0.15, -0.1) is 0 Å². The number of anilines is 2. The van der Waals surface area contributed by atoms with Crippen LogP contribution in [0.5, 0.6) is 0 Å². The topological polar surface area (TPSA) is 77.0 Å². The molecule has 2 rings (SSSR count). The number of nitrogens with two attached hydrogens (primary N) is 1. The second kappa shape index (κ2) is 4.22. The Labute approximate surface area is 93.3 Å². The number of rotatable bonds is 3. The van der Waals surface area contributed by atoms with Crippen LogP contribution in [-0.4, -0.2) is 16.9 Å². The average molecular weight is 218 g/mol. The van der Waals surface area contributed by atoms with Crippen molar-refractivity contribution in [3.8, 4) is 0 Å². The Morgan fingerprint density at radius 3 is 2.88 bits per heavy atom. The summed E-state index contributed by atoms with van der Waals surface area (Å²) in [7, 11) is 0. The molecule has 0 atom stereocenters. The fraction of sp³-hybridized carbons (Fsp3) is 0.273. The van der Waals surface area contributed by atoms with Crippen LogP contribution in [0.4, 0.5) is 11.4 Å². The highest BCUT2D eigenvalue weighted by atomic mass is 16.6. The molecule has 1 aromatic carbocycles. The molecule has 0 saturated carbocycles. The summed E-state index contributed by atoms with van der Waals surface area (Å²) < 4.78 is 4.68. The van der Waals surface area contributed by atoms with Crippen LogP contribution in [0.15, 0.2) is 28.4 Å². The van der Waals surface area contributed by atoms with Gasteiger partial charge in [-0.3, -0.25) is 0 Å². The zero-order chi connectivity index (χ0) is 11.5. The molecule has 0 saturated heterocycles. The van der Waals surface area contributed by atoms with Crippen LogP contribution in [-0.2, 0) is 0 Å². The predicted molar refractivity (Wildman–Crippen MR) is 64.1 cm³/mol. The van der Waals surface area contributed by atoms with E-state index in [9.17, 15) is 0 Å². The van der Waals surface area contributed by atoms with E-state index >= 15 is 0 Å². The third kappa shape index (κ3) is 1.98. The molecule has 0 fully saturated rings. The van der Waals surface area contributed by atoms with E-state index < -0.39 is 0 Å². The minimum atomic E-state index is 0.573.